The first-order valence-corrected chi connectivity index (χ1v) is 7.57. The number of hydrogen-bond donors (Lipinski definition) is 1. The van der Waals surface area contributed by atoms with Crippen LogP contribution in [0.15, 0.2) is 41.4 Å². The fourth-order valence-electron chi connectivity index (χ4n) is 1.89. The van der Waals surface area contributed by atoms with Crippen molar-refractivity contribution in [3.05, 3.63) is 36.5 Å². The maximum absolute atomic E-state index is 12.1. The normalized spacial score (nSPS) is 13.2. The van der Waals surface area contributed by atoms with Crippen molar-refractivity contribution in [3.8, 4) is 0 Å². The number of nitrogens with one attached hydrogen (secondary N) is 1. The molecular formula is C16H20N2OS. The molecule has 1 unspecified atom stereocenters. The van der Waals surface area contributed by atoms with Gasteiger partial charge in [-0.3, -0.25) is 9.78 Å². The van der Waals surface area contributed by atoms with E-state index >= 15 is 0 Å². The van der Waals surface area contributed by atoms with Crippen molar-refractivity contribution in [1.29, 1.82) is 0 Å². The molecule has 0 bridgehead atoms. The molecule has 2 rings (SSSR count). The molecule has 106 valence electrons. The summed E-state index contributed by atoms with van der Waals surface area (Å²) in [5.41, 5.74) is 0.749. The van der Waals surface area contributed by atoms with Gasteiger partial charge in [0.2, 0.25) is 5.91 Å². The molecule has 0 spiro atoms. The van der Waals surface area contributed by atoms with Crippen LogP contribution in [0.4, 0.5) is 0 Å². The first-order chi connectivity index (χ1) is 9.37. The Morgan fingerprint density at radius 3 is 2.65 bits per heavy atom. The van der Waals surface area contributed by atoms with Gasteiger partial charge in [-0.15, -0.1) is 11.8 Å². The Kier molecular flexibility index (Phi) is 4.33. The minimum atomic E-state index is -0.205. The maximum atomic E-state index is 12.1. The van der Waals surface area contributed by atoms with Gasteiger partial charge in [0.05, 0.1) is 10.8 Å². The molecule has 1 aromatic heterocycles. The molecule has 2 aromatic rings. The quantitative estimate of drug-likeness (QED) is 0.877. The molecule has 0 saturated heterocycles. The summed E-state index contributed by atoms with van der Waals surface area (Å²) in [5, 5.41) is 3.95. The first kappa shape index (κ1) is 14.9. The van der Waals surface area contributed by atoms with Gasteiger partial charge in [-0.05, 0) is 39.8 Å². The first-order valence-electron chi connectivity index (χ1n) is 6.69. The molecule has 0 aliphatic rings. The number of fused-ring (bicyclic) bond motifs is 1. The fraction of sp³-hybridized carbons (Fsp3) is 0.375. The number of pyridine rings is 1. The largest absolute Gasteiger partial charge is 0.351 e. The number of hydrogen-bond acceptors (Lipinski definition) is 3. The number of benzene rings is 1. The molecule has 3 nitrogen and oxygen atoms in total. The predicted molar refractivity (Wildman–Crippen MR) is 85.0 cm³/mol. The van der Waals surface area contributed by atoms with E-state index in [-0.39, 0.29) is 16.7 Å². The van der Waals surface area contributed by atoms with Crippen LogP contribution in [0, 0.1) is 0 Å². The lowest BCUT2D eigenvalue weighted by Crippen LogP contribution is -2.44. The van der Waals surface area contributed by atoms with E-state index in [1.807, 2.05) is 58.0 Å². The fourth-order valence-corrected chi connectivity index (χ4v) is 2.87. The second kappa shape index (κ2) is 5.83. The standard InChI is InChI=1S/C16H20N2OS/c1-11(15(19)18-16(2,3)4)20-13-9-5-7-12-8-6-10-17-14(12)13/h5-11H,1-4H3,(H,18,19). The predicted octanol–water partition coefficient (Wildman–Crippen LogP) is 3.63. The second-order valence-corrected chi connectivity index (χ2v) is 7.21. The summed E-state index contributed by atoms with van der Waals surface area (Å²) < 4.78 is 0. The van der Waals surface area contributed by atoms with Crippen LogP contribution in [0.5, 0.6) is 0 Å². The van der Waals surface area contributed by atoms with Crippen LogP contribution in [-0.2, 0) is 4.79 Å². The molecule has 0 radical (unpaired) electrons. The molecular weight excluding hydrogens is 268 g/mol. The number of carbonyl (C=O) groups excluding carboxylic acids is 1. The highest BCUT2D eigenvalue weighted by atomic mass is 32.2. The van der Waals surface area contributed by atoms with Crippen molar-refractivity contribution in [2.24, 2.45) is 0 Å². The molecule has 1 N–H and O–H groups in total. The van der Waals surface area contributed by atoms with Gasteiger partial charge in [0.1, 0.15) is 0 Å². The molecule has 20 heavy (non-hydrogen) atoms. The third kappa shape index (κ3) is 3.73. The Morgan fingerprint density at radius 2 is 1.95 bits per heavy atom. The van der Waals surface area contributed by atoms with Crippen LogP contribution >= 0.6 is 11.8 Å². The highest BCUT2D eigenvalue weighted by molar-refractivity contribution is 8.00. The molecule has 1 amide bonds. The molecule has 1 heterocycles. The van der Waals surface area contributed by atoms with E-state index in [4.69, 9.17) is 0 Å². The number of aromatic nitrogens is 1. The number of thioether (sulfide) groups is 1. The van der Waals surface area contributed by atoms with E-state index in [1.165, 1.54) is 0 Å². The molecule has 0 aliphatic heterocycles. The lowest BCUT2D eigenvalue weighted by atomic mass is 10.1. The molecule has 0 aliphatic carbocycles. The average Bonchev–Trinajstić information content (AvgIpc) is 2.37. The Morgan fingerprint density at radius 1 is 1.25 bits per heavy atom. The summed E-state index contributed by atoms with van der Waals surface area (Å²) in [6, 6.07) is 10.0. The summed E-state index contributed by atoms with van der Waals surface area (Å²) in [5.74, 6) is 0.0513. The summed E-state index contributed by atoms with van der Waals surface area (Å²) in [4.78, 5) is 17.6. The third-order valence-corrected chi connectivity index (χ3v) is 3.92. The lowest BCUT2D eigenvalue weighted by molar-refractivity contribution is -0.121. The zero-order valence-electron chi connectivity index (χ0n) is 12.3. The number of para-hydroxylation sites is 1. The van der Waals surface area contributed by atoms with Gasteiger partial charge < -0.3 is 5.32 Å². The highest BCUT2D eigenvalue weighted by Gasteiger charge is 2.20. The van der Waals surface area contributed by atoms with Gasteiger partial charge in [0.15, 0.2) is 0 Å². The number of nitrogens with zero attached hydrogens (tertiary/aromatic N) is 1. The smallest absolute Gasteiger partial charge is 0.233 e. The van der Waals surface area contributed by atoms with Crippen LogP contribution in [0.25, 0.3) is 10.9 Å². The van der Waals surface area contributed by atoms with Crippen molar-refractivity contribution < 1.29 is 4.79 Å². The van der Waals surface area contributed by atoms with Gasteiger partial charge in [-0.1, -0.05) is 18.2 Å². The average molecular weight is 288 g/mol. The van der Waals surface area contributed by atoms with Crippen molar-refractivity contribution in [2.45, 2.75) is 43.4 Å². The number of carbonyl (C=O) groups is 1. The number of rotatable bonds is 3. The molecule has 1 aromatic carbocycles. The molecule has 0 fully saturated rings. The van der Waals surface area contributed by atoms with Crippen LogP contribution in [0.3, 0.4) is 0 Å². The summed E-state index contributed by atoms with van der Waals surface area (Å²) in [6.45, 7) is 7.89. The van der Waals surface area contributed by atoms with E-state index < -0.39 is 0 Å². The third-order valence-electron chi connectivity index (χ3n) is 2.77. The lowest BCUT2D eigenvalue weighted by Gasteiger charge is -2.23. The minimum absolute atomic E-state index is 0.0513. The van der Waals surface area contributed by atoms with Crippen LogP contribution < -0.4 is 5.32 Å². The topological polar surface area (TPSA) is 42.0 Å². The Bertz CT molecular complexity index is 614. The molecule has 0 saturated carbocycles. The summed E-state index contributed by atoms with van der Waals surface area (Å²) >= 11 is 1.55. The second-order valence-electron chi connectivity index (χ2n) is 5.83. The van der Waals surface area contributed by atoms with Crippen LogP contribution in [-0.4, -0.2) is 21.7 Å². The van der Waals surface area contributed by atoms with Crippen molar-refractivity contribution in [3.63, 3.8) is 0 Å². The van der Waals surface area contributed by atoms with E-state index in [2.05, 4.69) is 10.3 Å². The van der Waals surface area contributed by atoms with E-state index in [0.29, 0.717) is 0 Å². The Balaban J connectivity index is 2.18. The van der Waals surface area contributed by atoms with Gasteiger partial charge in [0.25, 0.3) is 0 Å². The van der Waals surface area contributed by atoms with Gasteiger partial charge in [0, 0.05) is 22.0 Å². The van der Waals surface area contributed by atoms with Crippen molar-refractivity contribution in [2.75, 3.05) is 0 Å². The van der Waals surface area contributed by atoms with E-state index in [9.17, 15) is 4.79 Å². The molecule has 4 heteroatoms. The van der Waals surface area contributed by atoms with E-state index in [1.54, 1.807) is 18.0 Å². The van der Waals surface area contributed by atoms with Crippen LogP contribution in [0.1, 0.15) is 27.7 Å². The SMILES string of the molecule is CC(Sc1cccc2cccnc12)C(=O)NC(C)(C)C. The minimum Gasteiger partial charge on any atom is -0.351 e. The van der Waals surface area contributed by atoms with Gasteiger partial charge in [-0.2, -0.15) is 0 Å². The summed E-state index contributed by atoms with van der Waals surface area (Å²) in [6.07, 6.45) is 1.78. The Hall–Kier alpha value is -1.55. The monoisotopic (exact) mass is 288 g/mol. The highest BCUT2D eigenvalue weighted by Crippen LogP contribution is 2.29. The van der Waals surface area contributed by atoms with Crippen LogP contribution in [0.2, 0.25) is 0 Å². The number of amides is 1. The molecule has 1 atom stereocenters. The summed E-state index contributed by atoms with van der Waals surface area (Å²) in [7, 11) is 0. The maximum Gasteiger partial charge on any atom is 0.233 e. The van der Waals surface area contributed by atoms with Crippen molar-refractivity contribution >= 4 is 28.6 Å². The van der Waals surface area contributed by atoms with E-state index in [0.717, 1.165) is 15.8 Å². The zero-order chi connectivity index (χ0) is 14.8. The van der Waals surface area contributed by atoms with Gasteiger partial charge >= 0.3 is 0 Å². The zero-order valence-corrected chi connectivity index (χ0v) is 13.1. The Labute approximate surface area is 124 Å². The van der Waals surface area contributed by atoms with Crippen molar-refractivity contribution in [1.82, 2.24) is 10.3 Å². The van der Waals surface area contributed by atoms with Gasteiger partial charge in [-0.25, -0.2) is 0 Å².